The molecule has 0 spiro atoms. The Kier molecular flexibility index (Phi) is 11.5. The highest BCUT2D eigenvalue weighted by Crippen LogP contribution is 2.37. The van der Waals surface area contributed by atoms with Crippen molar-refractivity contribution < 1.29 is 34.4 Å². The van der Waals surface area contributed by atoms with E-state index < -0.39 is 42.0 Å². The number of hydrogen-bond donors (Lipinski definition) is 4. The third kappa shape index (κ3) is 7.43. The molecule has 0 aliphatic carbocycles. The van der Waals surface area contributed by atoms with Crippen molar-refractivity contribution in [2.45, 2.75) is 70.1 Å². The van der Waals surface area contributed by atoms with Crippen LogP contribution < -0.4 is 10.1 Å². The first kappa shape index (κ1) is 29.9. The van der Waals surface area contributed by atoms with Crippen molar-refractivity contribution >= 4 is 31.3 Å². The lowest BCUT2D eigenvalue weighted by Crippen LogP contribution is -2.53. The van der Waals surface area contributed by atoms with Crippen molar-refractivity contribution in [3.05, 3.63) is 29.8 Å². The van der Waals surface area contributed by atoms with Gasteiger partial charge < -0.3 is 30.3 Å². The van der Waals surface area contributed by atoms with Gasteiger partial charge in [0.05, 0.1) is 0 Å². The van der Waals surface area contributed by atoms with Crippen LogP contribution in [0.3, 0.4) is 0 Å². The Labute approximate surface area is 207 Å². The maximum absolute atomic E-state index is 12.4. The number of aliphatic hydroxyl groups excluding tert-OH is 2. The van der Waals surface area contributed by atoms with Crippen molar-refractivity contribution in [3.63, 3.8) is 0 Å². The van der Waals surface area contributed by atoms with Crippen LogP contribution >= 0.6 is 13.5 Å². The number of benzene rings is 1. The fraction of sp³-hybridized carbons (Fsp3) is 0.625. The minimum absolute atomic E-state index is 0. The van der Waals surface area contributed by atoms with Crippen molar-refractivity contribution in [3.8, 4) is 5.75 Å². The number of nitrogens with zero attached hydrogens (tertiary/aromatic N) is 1. The molecule has 1 aromatic carbocycles. The van der Waals surface area contributed by atoms with E-state index in [1.54, 1.807) is 32.0 Å². The van der Waals surface area contributed by atoms with E-state index in [1.807, 2.05) is 6.07 Å². The largest absolute Gasteiger partial charge is 0.480 e. The van der Waals surface area contributed by atoms with Crippen molar-refractivity contribution in [2.75, 3.05) is 20.1 Å². The van der Waals surface area contributed by atoms with Crippen LogP contribution in [-0.2, 0) is 19.8 Å². The molecule has 1 aliphatic rings. The maximum atomic E-state index is 12.4. The number of aliphatic hydroxyl groups is 2. The van der Waals surface area contributed by atoms with E-state index >= 15 is 0 Å². The number of carboxylic acids is 1. The summed E-state index contributed by atoms with van der Waals surface area (Å²) in [5, 5.41) is 31.5. The molecule has 4 N–H and O–H groups in total. The van der Waals surface area contributed by atoms with Gasteiger partial charge in [0, 0.05) is 12.0 Å². The fourth-order valence-corrected chi connectivity index (χ4v) is 4.34. The lowest BCUT2D eigenvalue weighted by Gasteiger charge is -2.35. The van der Waals surface area contributed by atoms with Gasteiger partial charge in [0.15, 0.2) is 12.2 Å². The summed E-state index contributed by atoms with van der Waals surface area (Å²) in [5.41, 5.74) is 0.937. The van der Waals surface area contributed by atoms with E-state index in [0.717, 1.165) is 44.3 Å². The van der Waals surface area contributed by atoms with Gasteiger partial charge in [-0.05, 0) is 56.5 Å². The number of carbonyl (C=O) groups is 3. The Bertz CT molecular complexity index is 850. The van der Waals surface area contributed by atoms with Crippen LogP contribution in [0.2, 0.25) is 0 Å². The Morgan fingerprint density at radius 2 is 1.85 bits per heavy atom. The Hall–Kier alpha value is -2.14. The summed E-state index contributed by atoms with van der Waals surface area (Å²) < 4.78 is 5.27. The van der Waals surface area contributed by atoms with Gasteiger partial charge in [0.25, 0.3) is 5.91 Å². The molecule has 1 aromatic rings. The van der Waals surface area contributed by atoms with E-state index in [9.17, 15) is 29.7 Å². The van der Waals surface area contributed by atoms with E-state index in [0.29, 0.717) is 0 Å². The molecule has 2 rings (SSSR count). The molecule has 9 nitrogen and oxygen atoms in total. The van der Waals surface area contributed by atoms with Crippen molar-refractivity contribution in [1.82, 2.24) is 10.2 Å². The van der Waals surface area contributed by atoms with Crippen LogP contribution in [0, 0.1) is 5.92 Å². The number of likely N-dealkylation sites (N-methyl/N-ethyl adjacent to an activating group) is 1. The van der Waals surface area contributed by atoms with Crippen LogP contribution in [-0.4, -0.2) is 76.5 Å². The summed E-state index contributed by atoms with van der Waals surface area (Å²) >= 11 is 0. The number of aliphatic carboxylic acids is 1. The summed E-state index contributed by atoms with van der Waals surface area (Å²) in [7, 11) is 2.09. The topological polar surface area (TPSA) is 136 Å². The summed E-state index contributed by atoms with van der Waals surface area (Å²) in [6, 6.07) is 5.84. The minimum Gasteiger partial charge on any atom is -0.480 e. The SMILES string of the molecule is CCC1(c2cccc(OC(=O)C(O)C(O)C(=O)NC(C(=O)O)C(C)C)c2)CCCCN(C)C1.S. The van der Waals surface area contributed by atoms with E-state index in [4.69, 9.17) is 4.74 Å². The number of rotatable bonds is 9. The number of amides is 1. The number of esters is 1. The first-order valence-corrected chi connectivity index (χ1v) is 11.4. The number of hydrogen-bond acceptors (Lipinski definition) is 7. The number of nitrogens with one attached hydrogen (secondary N) is 1. The second-order valence-electron chi connectivity index (χ2n) is 9.24. The highest BCUT2D eigenvalue weighted by Gasteiger charge is 2.36. The quantitative estimate of drug-likeness (QED) is 0.296. The third-order valence-corrected chi connectivity index (χ3v) is 6.40. The van der Waals surface area contributed by atoms with Crippen LogP contribution in [0.15, 0.2) is 24.3 Å². The normalized spacial score (nSPS) is 21.5. The molecule has 1 amide bonds. The Balaban J connectivity index is 0.00000578. The number of carbonyl (C=O) groups excluding carboxylic acids is 2. The predicted molar refractivity (Wildman–Crippen MR) is 132 cm³/mol. The summed E-state index contributed by atoms with van der Waals surface area (Å²) in [6.45, 7) is 7.21. The average molecular weight is 499 g/mol. The minimum atomic E-state index is -2.17. The van der Waals surface area contributed by atoms with Gasteiger partial charge in [-0.15, -0.1) is 0 Å². The van der Waals surface area contributed by atoms with Gasteiger partial charge in [0.1, 0.15) is 11.8 Å². The lowest BCUT2D eigenvalue weighted by atomic mass is 9.74. The van der Waals surface area contributed by atoms with Gasteiger partial charge in [-0.25, -0.2) is 9.59 Å². The molecule has 34 heavy (non-hydrogen) atoms. The van der Waals surface area contributed by atoms with Gasteiger partial charge in [0.2, 0.25) is 0 Å². The molecule has 1 fully saturated rings. The van der Waals surface area contributed by atoms with Gasteiger partial charge in [-0.2, -0.15) is 13.5 Å². The molecule has 4 atom stereocenters. The molecular formula is C24H38N2O7S. The number of carboxylic acid groups (broad SMARTS) is 1. The van der Waals surface area contributed by atoms with Crippen LogP contribution in [0.4, 0.5) is 0 Å². The van der Waals surface area contributed by atoms with Gasteiger partial charge in [-0.3, -0.25) is 4.79 Å². The summed E-state index contributed by atoms with van der Waals surface area (Å²) in [5.74, 6) is -3.90. The van der Waals surface area contributed by atoms with Crippen molar-refractivity contribution in [1.29, 1.82) is 0 Å². The van der Waals surface area contributed by atoms with E-state index in [1.165, 1.54) is 0 Å². The zero-order valence-corrected chi connectivity index (χ0v) is 21.3. The second-order valence-corrected chi connectivity index (χ2v) is 9.24. The zero-order chi connectivity index (χ0) is 24.8. The molecule has 192 valence electrons. The van der Waals surface area contributed by atoms with E-state index in [2.05, 4.69) is 24.2 Å². The van der Waals surface area contributed by atoms with Crippen LogP contribution in [0.25, 0.3) is 0 Å². The number of ether oxygens (including phenoxy) is 1. The number of likely N-dealkylation sites (tertiary alicyclic amines) is 1. The molecule has 1 aliphatic heterocycles. The highest BCUT2D eigenvalue weighted by atomic mass is 32.1. The first-order chi connectivity index (χ1) is 15.5. The molecule has 1 saturated heterocycles. The summed E-state index contributed by atoms with van der Waals surface area (Å²) in [4.78, 5) is 38.1. The molecule has 1 heterocycles. The third-order valence-electron chi connectivity index (χ3n) is 6.40. The second kappa shape index (κ2) is 13.1. The van der Waals surface area contributed by atoms with Gasteiger partial charge >= 0.3 is 11.9 Å². The molecule has 4 unspecified atom stereocenters. The highest BCUT2D eigenvalue weighted by molar-refractivity contribution is 7.59. The monoisotopic (exact) mass is 498 g/mol. The summed E-state index contributed by atoms with van der Waals surface area (Å²) in [6.07, 6.45) is -0.197. The zero-order valence-electron chi connectivity index (χ0n) is 20.3. The van der Waals surface area contributed by atoms with Crippen LogP contribution in [0.1, 0.15) is 52.0 Å². The first-order valence-electron chi connectivity index (χ1n) is 11.4. The van der Waals surface area contributed by atoms with Gasteiger partial charge in [-0.1, -0.05) is 39.3 Å². The van der Waals surface area contributed by atoms with E-state index in [-0.39, 0.29) is 24.7 Å². The molecule has 0 aromatic heterocycles. The fourth-order valence-electron chi connectivity index (χ4n) is 4.34. The lowest BCUT2D eigenvalue weighted by molar-refractivity contribution is -0.157. The molecule has 0 bridgehead atoms. The molecular weight excluding hydrogens is 460 g/mol. The maximum Gasteiger partial charge on any atom is 0.343 e. The Morgan fingerprint density at radius 1 is 1.18 bits per heavy atom. The standard InChI is InChI=1S/C24H36N2O7.H2S/c1-5-24(11-6-7-12-26(4)14-24)16-9-8-10-17(13-16)33-23(32)20(28)19(27)21(29)25-18(15(2)3)22(30)31;/h8-10,13,15,18-20,27-28H,5-7,11-12,14H2,1-4H3,(H,25,29)(H,30,31);1H2. The van der Waals surface area contributed by atoms with Crippen LogP contribution in [0.5, 0.6) is 5.75 Å². The molecule has 0 saturated carbocycles. The molecule has 10 heteroatoms. The average Bonchev–Trinajstić information content (AvgIpc) is 2.97. The smallest absolute Gasteiger partial charge is 0.343 e. The predicted octanol–water partition coefficient (Wildman–Crippen LogP) is 1.42. The van der Waals surface area contributed by atoms with Crippen molar-refractivity contribution in [2.24, 2.45) is 5.92 Å². The molecule has 0 radical (unpaired) electrons. The Morgan fingerprint density at radius 3 is 2.44 bits per heavy atom.